The molecule has 1 aromatic rings. The lowest BCUT2D eigenvalue weighted by atomic mass is 10.0. The molecule has 1 aromatic carbocycles. The zero-order chi connectivity index (χ0) is 13.1. The van der Waals surface area contributed by atoms with Crippen LogP contribution in [0, 0.1) is 0 Å². The molecule has 1 amide bonds. The SMILES string of the molecule is O=C1CNC(CCc2ccc3c(c2)OCCO3)CN1. The molecule has 0 aliphatic carbocycles. The van der Waals surface area contributed by atoms with Crippen LogP contribution in [0.5, 0.6) is 11.5 Å². The molecule has 1 atom stereocenters. The highest BCUT2D eigenvalue weighted by molar-refractivity contribution is 5.78. The van der Waals surface area contributed by atoms with Gasteiger partial charge in [0.25, 0.3) is 0 Å². The Morgan fingerprint density at radius 2 is 2.05 bits per heavy atom. The van der Waals surface area contributed by atoms with Gasteiger partial charge in [-0.25, -0.2) is 0 Å². The molecule has 0 saturated carbocycles. The van der Waals surface area contributed by atoms with Crippen molar-refractivity contribution in [3.63, 3.8) is 0 Å². The fourth-order valence-electron chi connectivity index (χ4n) is 2.40. The summed E-state index contributed by atoms with van der Waals surface area (Å²) in [4.78, 5) is 11.0. The molecule has 2 N–H and O–H groups in total. The third-order valence-corrected chi connectivity index (χ3v) is 3.48. The van der Waals surface area contributed by atoms with Crippen molar-refractivity contribution < 1.29 is 14.3 Å². The van der Waals surface area contributed by atoms with Crippen LogP contribution in [0.1, 0.15) is 12.0 Å². The van der Waals surface area contributed by atoms with E-state index >= 15 is 0 Å². The van der Waals surface area contributed by atoms with Gasteiger partial charge in [-0.2, -0.15) is 0 Å². The predicted octanol–water partition coefficient (Wildman–Crippen LogP) is 0.478. The van der Waals surface area contributed by atoms with Crippen LogP contribution in [0.4, 0.5) is 0 Å². The Kier molecular flexibility index (Phi) is 3.55. The minimum absolute atomic E-state index is 0.0792. The maximum Gasteiger partial charge on any atom is 0.234 e. The Hall–Kier alpha value is -1.75. The lowest BCUT2D eigenvalue weighted by molar-refractivity contribution is -0.121. The quantitative estimate of drug-likeness (QED) is 0.832. The molecule has 19 heavy (non-hydrogen) atoms. The van der Waals surface area contributed by atoms with Crippen molar-refractivity contribution in [2.45, 2.75) is 18.9 Å². The topological polar surface area (TPSA) is 59.6 Å². The van der Waals surface area contributed by atoms with E-state index in [1.807, 2.05) is 6.07 Å². The Morgan fingerprint density at radius 3 is 2.84 bits per heavy atom. The van der Waals surface area contributed by atoms with E-state index in [9.17, 15) is 4.79 Å². The number of benzene rings is 1. The first-order valence-corrected chi connectivity index (χ1v) is 6.70. The van der Waals surface area contributed by atoms with E-state index in [-0.39, 0.29) is 5.91 Å². The van der Waals surface area contributed by atoms with Gasteiger partial charge in [-0.3, -0.25) is 4.79 Å². The fourth-order valence-corrected chi connectivity index (χ4v) is 2.40. The average molecular weight is 262 g/mol. The van der Waals surface area contributed by atoms with E-state index < -0.39 is 0 Å². The van der Waals surface area contributed by atoms with Crippen molar-refractivity contribution in [3.05, 3.63) is 23.8 Å². The van der Waals surface area contributed by atoms with E-state index in [0.717, 1.165) is 24.3 Å². The molecule has 2 aliphatic heterocycles. The molecule has 0 radical (unpaired) electrons. The van der Waals surface area contributed by atoms with Gasteiger partial charge in [0.1, 0.15) is 13.2 Å². The van der Waals surface area contributed by atoms with Gasteiger partial charge in [0.2, 0.25) is 5.91 Å². The maximum atomic E-state index is 11.0. The first-order chi connectivity index (χ1) is 9.31. The van der Waals surface area contributed by atoms with Crippen LogP contribution in [0.15, 0.2) is 18.2 Å². The summed E-state index contributed by atoms with van der Waals surface area (Å²) in [5.41, 5.74) is 1.24. The van der Waals surface area contributed by atoms with E-state index in [4.69, 9.17) is 9.47 Å². The molecule has 0 spiro atoms. The first-order valence-electron chi connectivity index (χ1n) is 6.70. The van der Waals surface area contributed by atoms with Crippen molar-refractivity contribution in [1.82, 2.24) is 10.6 Å². The van der Waals surface area contributed by atoms with Crippen LogP contribution >= 0.6 is 0 Å². The van der Waals surface area contributed by atoms with Crippen molar-refractivity contribution in [1.29, 1.82) is 0 Å². The highest BCUT2D eigenvalue weighted by atomic mass is 16.6. The van der Waals surface area contributed by atoms with Crippen LogP contribution in [-0.2, 0) is 11.2 Å². The first kappa shape index (κ1) is 12.3. The lowest BCUT2D eigenvalue weighted by Gasteiger charge is -2.24. The Morgan fingerprint density at radius 1 is 1.21 bits per heavy atom. The van der Waals surface area contributed by atoms with E-state index in [2.05, 4.69) is 22.8 Å². The Labute approximate surface area is 112 Å². The van der Waals surface area contributed by atoms with Crippen LogP contribution in [0.2, 0.25) is 0 Å². The number of hydrogen-bond donors (Lipinski definition) is 2. The summed E-state index contributed by atoms with van der Waals surface area (Å²) >= 11 is 0. The second-order valence-electron chi connectivity index (χ2n) is 4.90. The van der Waals surface area contributed by atoms with Gasteiger partial charge in [-0.05, 0) is 30.5 Å². The van der Waals surface area contributed by atoms with Crippen molar-refractivity contribution in [3.8, 4) is 11.5 Å². The second-order valence-corrected chi connectivity index (χ2v) is 4.90. The largest absolute Gasteiger partial charge is 0.486 e. The van der Waals surface area contributed by atoms with Gasteiger partial charge >= 0.3 is 0 Å². The van der Waals surface area contributed by atoms with Gasteiger partial charge < -0.3 is 20.1 Å². The molecule has 102 valence electrons. The predicted molar refractivity (Wildman–Crippen MR) is 70.6 cm³/mol. The number of hydrogen-bond acceptors (Lipinski definition) is 4. The minimum atomic E-state index is 0.0792. The molecule has 2 aliphatic rings. The summed E-state index contributed by atoms with van der Waals surface area (Å²) in [6, 6.07) is 6.45. The van der Waals surface area contributed by atoms with Gasteiger partial charge in [0.15, 0.2) is 11.5 Å². The second kappa shape index (κ2) is 5.48. The maximum absolute atomic E-state index is 11.0. The van der Waals surface area contributed by atoms with E-state index in [0.29, 0.717) is 32.3 Å². The third kappa shape index (κ3) is 2.98. The lowest BCUT2D eigenvalue weighted by Crippen LogP contribution is -2.51. The molecule has 0 bridgehead atoms. The molecule has 5 heteroatoms. The van der Waals surface area contributed by atoms with Crippen LogP contribution < -0.4 is 20.1 Å². The van der Waals surface area contributed by atoms with Gasteiger partial charge in [0, 0.05) is 12.6 Å². The van der Waals surface area contributed by atoms with E-state index in [1.165, 1.54) is 5.56 Å². The summed E-state index contributed by atoms with van der Waals surface area (Å²) in [5, 5.41) is 6.11. The van der Waals surface area contributed by atoms with E-state index in [1.54, 1.807) is 0 Å². The zero-order valence-corrected chi connectivity index (χ0v) is 10.8. The van der Waals surface area contributed by atoms with Crippen LogP contribution in [0.25, 0.3) is 0 Å². The number of carbonyl (C=O) groups excluding carboxylic acids is 1. The number of nitrogens with one attached hydrogen (secondary N) is 2. The summed E-state index contributed by atoms with van der Waals surface area (Å²) in [6.45, 7) is 2.37. The third-order valence-electron chi connectivity index (χ3n) is 3.48. The Bertz CT molecular complexity index is 466. The number of piperazine rings is 1. The minimum Gasteiger partial charge on any atom is -0.486 e. The molecule has 3 rings (SSSR count). The van der Waals surface area contributed by atoms with Gasteiger partial charge in [-0.15, -0.1) is 0 Å². The highest BCUT2D eigenvalue weighted by Gasteiger charge is 2.17. The highest BCUT2D eigenvalue weighted by Crippen LogP contribution is 2.31. The number of aryl methyl sites for hydroxylation is 1. The standard InChI is InChI=1S/C14H18N2O3/c17-14-9-15-11(8-16-14)3-1-10-2-4-12-13(7-10)19-6-5-18-12/h2,4,7,11,15H,1,3,5-6,8-9H2,(H,16,17). The summed E-state index contributed by atoms with van der Waals surface area (Å²) in [5.74, 6) is 1.75. The smallest absolute Gasteiger partial charge is 0.234 e. The van der Waals surface area contributed by atoms with Crippen molar-refractivity contribution in [2.75, 3.05) is 26.3 Å². The number of carbonyl (C=O) groups is 1. The summed E-state index contributed by atoms with van der Waals surface area (Å²) in [6.07, 6.45) is 1.96. The molecular formula is C14H18N2O3. The molecule has 0 aromatic heterocycles. The molecule has 1 fully saturated rings. The number of ether oxygens (including phenoxy) is 2. The van der Waals surface area contributed by atoms with Crippen molar-refractivity contribution in [2.24, 2.45) is 0 Å². The molecule has 1 unspecified atom stereocenters. The normalized spacial score (nSPS) is 21.9. The molecule has 2 heterocycles. The van der Waals surface area contributed by atoms with Crippen LogP contribution in [-0.4, -0.2) is 38.3 Å². The van der Waals surface area contributed by atoms with Crippen LogP contribution in [0.3, 0.4) is 0 Å². The number of amides is 1. The average Bonchev–Trinajstić information content (AvgIpc) is 2.46. The fraction of sp³-hybridized carbons (Fsp3) is 0.500. The molecule has 5 nitrogen and oxygen atoms in total. The number of fused-ring (bicyclic) bond motifs is 1. The molecular weight excluding hydrogens is 244 g/mol. The van der Waals surface area contributed by atoms with Crippen molar-refractivity contribution >= 4 is 5.91 Å². The summed E-state index contributed by atoms with van der Waals surface area (Å²) < 4.78 is 11.1. The summed E-state index contributed by atoms with van der Waals surface area (Å²) in [7, 11) is 0. The monoisotopic (exact) mass is 262 g/mol. The van der Waals surface area contributed by atoms with Gasteiger partial charge in [-0.1, -0.05) is 6.07 Å². The Balaban J connectivity index is 1.56. The number of rotatable bonds is 3. The zero-order valence-electron chi connectivity index (χ0n) is 10.8. The van der Waals surface area contributed by atoms with Gasteiger partial charge in [0.05, 0.1) is 6.54 Å². The molecule has 1 saturated heterocycles.